The van der Waals surface area contributed by atoms with Crippen molar-refractivity contribution in [1.82, 2.24) is 4.90 Å². The smallest absolute Gasteiger partial charge is 0.335 e. The molecule has 1 aromatic heterocycles. The molecule has 1 amide bonds. The summed E-state index contributed by atoms with van der Waals surface area (Å²) < 4.78 is 11.4. The Bertz CT molecular complexity index is 1340. The lowest BCUT2D eigenvalue weighted by Gasteiger charge is -2.28. The van der Waals surface area contributed by atoms with Gasteiger partial charge in [-0.2, -0.15) is 0 Å². The summed E-state index contributed by atoms with van der Waals surface area (Å²) in [6, 6.07) is 18.1. The average Bonchev–Trinajstić information content (AvgIpc) is 3.50. The number of aliphatic imine (C=N–C) groups is 1. The Morgan fingerprint density at radius 3 is 2.46 bits per heavy atom. The van der Waals surface area contributed by atoms with Gasteiger partial charge in [0.2, 0.25) is 0 Å². The molecule has 3 heterocycles. The lowest BCUT2D eigenvalue weighted by Crippen LogP contribution is -2.36. The van der Waals surface area contributed by atoms with Crippen molar-refractivity contribution in [3.05, 3.63) is 76.9 Å². The molecule has 190 valence electrons. The van der Waals surface area contributed by atoms with Gasteiger partial charge in [0.05, 0.1) is 29.4 Å². The third-order valence-electron chi connectivity index (χ3n) is 6.10. The highest BCUT2D eigenvalue weighted by molar-refractivity contribution is 8.18. The van der Waals surface area contributed by atoms with Crippen molar-refractivity contribution >= 4 is 46.3 Å². The summed E-state index contributed by atoms with van der Waals surface area (Å²) in [7, 11) is 0. The molecule has 0 unspecified atom stereocenters. The van der Waals surface area contributed by atoms with Crippen LogP contribution in [0.25, 0.3) is 17.4 Å². The largest absolute Gasteiger partial charge is 0.478 e. The number of nitrogens with zero attached hydrogens (tertiary/aromatic N) is 3. The third-order valence-corrected chi connectivity index (χ3v) is 7.11. The fourth-order valence-corrected chi connectivity index (χ4v) is 5.18. The van der Waals surface area contributed by atoms with Crippen LogP contribution in [0, 0.1) is 0 Å². The summed E-state index contributed by atoms with van der Waals surface area (Å²) in [5.41, 5.74) is 2.90. The molecule has 1 N–H and O–H groups in total. The summed E-state index contributed by atoms with van der Waals surface area (Å²) in [6.07, 6.45) is 2.54. The second-order valence-electron chi connectivity index (χ2n) is 8.66. The molecule has 0 radical (unpaired) electrons. The Labute approximate surface area is 219 Å². The van der Waals surface area contributed by atoms with Gasteiger partial charge in [-0.15, -0.1) is 0 Å². The lowest BCUT2D eigenvalue weighted by molar-refractivity contribution is -0.122. The number of aromatic carboxylic acids is 1. The maximum atomic E-state index is 13.2. The minimum atomic E-state index is -0.977. The molecule has 0 saturated carbocycles. The number of morpholine rings is 1. The van der Waals surface area contributed by atoms with Gasteiger partial charge in [-0.1, -0.05) is 19.1 Å². The number of rotatable bonds is 7. The number of anilines is 1. The van der Waals surface area contributed by atoms with Crippen molar-refractivity contribution in [1.29, 1.82) is 0 Å². The minimum absolute atomic E-state index is 0.0979. The molecule has 5 rings (SSSR count). The summed E-state index contributed by atoms with van der Waals surface area (Å²) in [5.74, 6) is 0.0641. The summed E-state index contributed by atoms with van der Waals surface area (Å²) in [4.78, 5) is 33.6. The van der Waals surface area contributed by atoms with Crippen molar-refractivity contribution in [2.45, 2.75) is 13.3 Å². The van der Waals surface area contributed by atoms with Gasteiger partial charge < -0.3 is 19.2 Å². The number of carbonyl (C=O) groups excluding carboxylic acids is 1. The van der Waals surface area contributed by atoms with Crippen LogP contribution in [-0.2, 0) is 9.53 Å². The van der Waals surface area contributed by atoms with Crippen LogP contribution in [0.4, 0.5) is 11.4 Å². The van der Waals surface area contributed by atoms with Gasteiger partial charge in [-0.3, -0.25) is 9.69 Å². The first kappa shape index (κ1) is 24.9. The zero-order chi connectivity index (χ0) is 25.8. The van der Waals surface area contributed by atoms with Gasteiger partial charge in [0.15, 0.2) is 5.17 Å². The minimum Gasteiger partial charge on any atom is -0.478 e. The fourth-order valence-electron chi connectivity index (χ4n) is 4.17. The van der Waals surface area contributed by atoms with E-state index in [1.54, 1.807) is 35.2 Å². The summed E-state index contributed by atoms with van der Waals surface area (Å²) in [5, 5.41) is 9.74. The molecule has 2 aromatic carbocycles. The first-order valence-electron chi connectivity index (χ1n) is 12.2. The van der Waals surface area contributed by atoms with Crippen LogP contribution in [-0.4, -0.2) is 59.9 Å². The second-order valence-corrected chi connectivity index (χ2v) is 9.67. The van der Waals surface area contributed by atoms with E-state index in [0.717, 1.165) is 49.7 Å². The molecular formula is C28H27N3O5S. The second kappa shape index (κ2) is 11.1. The van der Waals surface area contributed by atoms with E-state index in [1.165, 1.54) is 23.9 Å². The van der Waals surface area contributed by atoms with Gasteiger partial charge in [0.1, 0.15) is 11.5 Å². The van der Waals surface area contributed by atoms with Gasteiger partial charge >= 0.3 is 5.97 Å². The van der Waals surface area contributed by atoms with E-state index in [2.05, 4.69) is 17.0 Å². The predicted molar refractivity (Wildman–Crippen MR) is 145 cm³/mol. The van der Waals surface area contributed by atoms with E-state index in [9.17, 15) is 9.59 Å². The molecule has 2 saturated heterocycles. The van der Waals surface area contributed by atoms with Crippen LogP contribution < -0.4 is 4.90 Å². The fraction of sp³-hybridized carbons (Fsp3) is 0.250. The van der Waals surface area contributed by atoms with Crippen LogP contribution >= 0.6 is 11.8 Å². The molecule has 9 heteroatoms. The quantitative estimate of drug-likeness (QED) is 0.414. The van der Waals surface area contributed by atoms with Gasteiger partial charge in [0, 0.05) is 37.0 Å². The van der Waals surface area contributed by atoms with Gasteiger partial charge in [-0.25, -0.2) is 9.79 Å². The van der Waals surface area contributed by atoms with Crippen molar-refractivity contribution in [3.63, 3.8) is 0 Å². The summed E-state index contributed by atoms with van der Waals surface area (Å²) in [6.45, 7) is 5.82. The Hall–Kier alpha value is -3.82. The zero-order valence-corrected chi connectivity index (χ0v) is 21.2. The van der Waals surface area contributed by atoms with E-state index in [1.807, 2.05) is 19.1 Å². The van der Waals surface area contributed by atoms with Gasteiger partial charge in [0.25, 0.3) is 5.91 Å². The molecule has 2 aliphatic rings. The molecule has 3 aromatic rings. The SMILES string of the molecule is CCCN1C(=O)/C(=C/c2ccc(-c3ccc(C(=O)O)cc3)o2)SC1=Nc1ccc(N2CCOCC2)cc1. The number of ether oxygens (including phenoxy) is 1. The molecule has 0 spiro atoms. The normalized spacial score (nSPS) is 18.2. The highest BCUT2D eigenvalue weighted by Crippen LogP contribution is 2.35. The van der Waals surface area contributed by atoms with E-state index in [4.69, 9.17) is 19.3 Å². The van der Waals surface area contributed by atoms with Crippen molar-refractivity contribution < 1.29 is 23.8 Å². The van der Waals surface area contributed by atoms with E-state index in [0.29, 0.717) is 28.1 Å². The Morgan fingerprint density at radius 2 is 1.78 bits per heavy atom. The number of hydrogen-bond donors (Lipinski definition) is 1. The number of carboxylic acids is 1. The first-order chi connectivity index (χ1) is 18.0. The molecule has 2 aliphatic heterocycles. The standard InChI is InChI=1S/C28H27N3O5S/c1-2-13-31-26(32)25(18-23-11-12-24(36-23)19-3-5-20(6-4-19)27(33)34)37-28(31)29-21-7-9-22(10-8-21)30-14-16-35-17-15-30/h3-12,18H,2,13-17H2,1H3,(H,33,34)/b25-18-,29-28?. The van der Waals surface area contributed by atoms with E-state index < -0.39 is 5.97 Å². The van der Waals surface area contributed by atoms with Crippen LogP contribution in [0.3, 0.4) is 0 Å². The molecular weight excluding hydrogens is 490 g/mol. The van der Waals surface area contributed by atoms with Crippen molar-refractivity contribution in [2.75, 3.05) is 37.7 Å². The monoisotopic (exact) mass is 517 g/mol. The Balaban J connectivity index is 1.35. The van der Waals surface area contributed by atoms with Crippen LogP contribution in [0.1, 0.15) is 29.5 Å². The Morgan fingerprint density at radius 1 is 1.05 bits per heavy atom. The highest BCUT2D eigenvalue weighted by Gasteiger charge is 2.33. The van der Waals surface area contributed by atoms with Crippen LogP contribution in [0.5, 0.6) is 0 Å². The molecule has 37 heavy (non-hydrogen) atoms. The number of amides is 1. The Kier molecular flexibility index (Phi) is 7.43. The highest BCUT2D eigenvalue weighted by atomic mass is 32.2. The third kappa shape index (κ3) is 5.63. The number of thioether (sulfide) groups is 1. The molecule has 0 aliphatic carbocycles. The number of amidine groups is 1. The van der Waals surface area contributed by atoms with Crippen LogP contribution in [0.2, 0.25) is 0 Å². The zero-order valence-electron chi connectivity index (χ0n) is 20.4. The lowest BCUT2D eigenvalue weighted by atomic mass is 10.1. The predicted octanol–water partition coefficient (Wildman–Crippen LogP) is 5.50. The summed E-state index contributed by atoms with van der Waals surface area (Å²) >= 11 is 1.33. The van der Waals surface area contributed by atoms with Crippen molar-refractivity contribution in [2.24, 2.45) is 4.99 Å². The maximum absolute atomic E-state index is 13.2. The molecule has 0 atom stereocenters. The van der Waals surface area contributed by atoms with Crippen molar-refractivity contribution in [3.8, 4) is 11.3 Å². The van der Waals surface area contributed by atoms with Crippen LogP contribution in [0.15, 0.2) is 75.0 Å². The first-order valence-corrected chi connectivity index (χ1v) is 13.0. The maximum Gasteiger partial charge on any atom is 0.335 e. The van der Waals surface area contributed by atoms with E-state index in [-0.39, 0.29) is 11.5 Å². The van der Waals surface area contributed by atoms with Gasteiger partial charge in [-0.05, 0) is 66.7 Å². The van der Waals surface area contributed by atoms with E-state index >= 15 is 0 Å². The number of furan rings is 1. The molecule has 8 nitrogen and oxygen atoms in total. The number of hydrogen-bond acceptors (Lipinski definition) is 7. The molecule has 0 bridgehead atoms. The average molecular weight is 518 g/mol. The molecule has 2 fully saturated rings. The number of carboxylic acid groups (broad SMARTS) is 1. The number of benzene rings is 2. The number of carbonyl (C=O) groups is 2. The topological polar surface area (TPSA) is 95.6 Å².